The summed E-state index contributed by atoms with van der Waals surface area (Å²) in [5.41, 5.74) is 4.71. The van der Waals surface area contributed by atoms with Gasteiger partial charge in [-0.25, -0.2) is 4.98 Å². The van der Waals surface area contributed by atoms with Crippen LogP contribution < -0.4 is 11.1 Å². The molecule has 0 radical (unpaired) electrons. The second kappa shape index (κ2) is 4.48. The number of hydrogen-bond acceptors (Lipinski definition) is 3. The molecule has 84 valence electrons. The van der Waals surface area contributed by atoms with Crippen LogP contribution in [0.5, 0.6) is 0 Å². The Labute approximate surface area is 85.5 Å². The van der Waals surface area contributed by atoms with Crippen LogP contribution in [-0.2, 0) is 6.18 Å². The molecule has 0 aliphatic heterocycles. The first-order chi connectivity index (χ1) is 6.89. The lowest BCUT2D eigenvalue weighted by atomic mass is 10.3. The molecule has 0 aliphatic carbocycles. The number of nitrogens with two attached hydrogens (primary N) is 1. The van der Waals surface area contributed by atoms with Gasteiger partial charge in [-0.2, -0.15) is 13.2 Å². The fourth-order valence-electron chi connectivity index (χ4n) is 0.932. The van der Waals surface area contributed by atoms with Crippen molar-refractivity contribution in [3.8, 4) is 0 Å². The molecule has 3 nitrogen and oxygen atoms in total. The highest BCUT2D eigenvalue weighted by atomic mass is 19.4. The van der Waals surface area contributed by atoms with Crippen molar-refractivity contribution < 1.29 is 13.2 Å². The molecule has 1 atom stereocenters. The summed E-state index contributed by atoms with van der Waals surface area (Å²) < 4.78 is 36.5. The molecule has 1 aromatic rings. The van der Waals surface area contributed by atoms with Crippen molar-refractivity contribution in [2.45, 2.75) is 19.1 Å². The van der Waals surface area contributed by atoms with Crippen LogP contribution in [0.4, 0.5) is 19.0 Å². The first-order valence-corrected chi connectivity index (χ1v) is 4.42. The van der Waals surface area contributed by atoms with Crippen LogP contribution in [0.25, 0.3) is 0 Å². The van der Waals surface area contributed by atoms with Crippen LogP contribution in [0.1, 0.15) is 12.5 Å². The van der Waals surface area contributed by atoms with Gasteiger partial charge in [0.25, 0.3) is 0 Å². The molecule has 15 heavy (non-hydrogen) atoms. The minimum absolute atomic E-state index is 0.0749. The normalized spacial score (nSPS) is 13.7. The van der Waals surface area contributed by atoms with E-state index in [0.717, 1.165) is 12.3 Å². The van der Waals surface area contributed by atoms with Crippen LogP contribution in [0.3, 0.4) is 0 Å². The third-order valence-corrected chi connectivity index (χ3v) is 1.70. The second-order valence-corrected chi connectivity index (χ2v) is 3.29. The molecule has 1 rings (SSSR count). The van der Waals surface area contributed by atoms with Gasteiger partial charge in [0.05, 0.1) is 5.56 Å². The minimum Gasteiger partial charge on any atom is -0.369 e. The number of alkyl halides is 3. The monoisotopic (exact) mass is 219 g/mol. The Bertz CT molecular complexity index is 305. The van der Waals surface area contributed by atoms with Crippen molar-refractivity contribution in [2.75, 3.05) is 11.9 Å². The van der Waals surface area contributed by atoms with Gasteiger partial charge in [0.15, 0.2) is 0 Å². The van der Waals surface area contributed by atoms with E-state index in [2.05, 4.69) is 10.3 Å². The van der Waals surface area contributed by atoms with Crippen LogP contribution >= 0.6 is 0 Å². The molecule has 0 fully saturated rings. The molecule has 0 saturated carbocycles. The van der Waals surface area contributed by atoms with Crippen molar-refractivity contribution in [1.29, 1.82) is 0 Å². The summed E-state index contributed by atoms with van der Waals surface area (Å²) in [6, 6.07) is 2.19. The Balaban J connectivity index is 2.65. The van der Waals surface area contributed by atoms with E-state index in [9.17, 15) is 13.2 Å². The molecule has 0 spiro atoms. The van der Waals surface area contributed by atoms with Crippen molar-refractivity contribution in [2.24, 2.45) is 5.73 Å². The van der Waals surface area contributed by atoms with Crippen LogP contribution in [0.2, 0.25) is 0 Å². The number of nitrogens with zero attached hydrogens (tertiary/aromatic N) is 1. The van der Waals surface area contributed by atoms with Gasteiger partial charge >= 0.3 is 6.18 Å². The molecule has 1 aromatic heterocycles. The van der Waals surface area contributed by atoms with E-state index < -0.39 is 11.7 Å². The maximum absolute atomic E-state index is 12.2. The summed E-state index contributed by atoms with van der Waals surface area (Å²) in [6.45, 7) is 2.26. The Morgan fingerprint density at radius 1 is 1.47 bits per heavy atom. The lowest BCUT2D eigenvalue weighted by molar-refractivity contribution is -0.137. The predicted molar refractivity (Wildman–Crippen MR) is 51.4 cm³/mol. The molecule has 0 amide bonds. The smallest absolute Gasteiger partial charge is 0.369 e. The highest BCUT2D eigenvalue weighted by molar-refractivity contribution is 5.36. The summed E-state index contributed by atoms with van der Waals surface area (Å²) >= 11 is 0. The van der Waals surface area contributed by atoms with Crippen molar-refractivity contribution >= 4 is 5.82 Å². The third-order valence-electron chi connectivity index (χ3n) is 1.70. The standard InChI is InChI=1S/C9H12F3N3/c1-6(13)4-14-8-3-2-7(5-15-8)9(10,11)12/h2-3,5-6H,4,13H2,1H3,(H,14,15). The quantitative estimate of drug-likeness (QED) is 0.815. The van der Waals surface area contributed by atoms with Crippen molar-refractivity contribution in [3.63, 3.8) is 0 Å². The van der Waals surface area contributed by atoms with E-state index >= 15 is 0 Å². The summed E-state index contributed by atoms with van der Waals surface area (Å²) in [5, 5.41) is 2.82. The average molecular weight is 219 g/mol. The molecular formula is C9H12F3N3. The summed E-state index contributed by atoms with van der Waals surface area (Å²) in [5.74, 6) is 0.389. The Morgan fingerprint density at radius 3 is 2.53 bits per heavy atom. The van der Waals surface area contributed by atoms with E-state index in [4.69, 9.17) is 5.73 Å². The van der Waals surface area contributed by atoms with E-state index in [1.54, 1.807) is 6.92 Å². The molecule has 0 saturated heterocycles. The van der Waals surface area contributed by atoms with Gasteiger partial charge in [0.1, 0.15) is 5.82 Å². The van der Waals surface area contributed by atoms with Gasteiger partial charge < -0.3 is 11.1 Å². The first-order valence-electron chi connectivity index (χ1n) is 4.42. The summed E-state index contributed by atoms with van der Waals surface area (Å²) in [7, 11) is 0. The van der Waals surface area contributed by atoms with Crippen LogP contribution in [0, 0.1) is 0 Å². The van der Waals surface area contributed by atoms with E-state index in [0.29, 0.717) is 12.4 Å². The number of pyridine rings is 1. The van der Waals surface area contributed by atoms with E-state index in [-0.39, 0.29) is 6.04 Å². The topological polar surface area (TPSA) is 50.9 Å². The Kier molecular flexibility index (Phi) is 3.52. The van der Waals surface area contributed by atoms with E-state index in [1.807, 2.05) is 0 Å². The fourth-order valence-corrected chi connectivity index (χ4v) is 0.932. The highest BCUT2D eigenvalue weighted by Crippen LogP contribution is 2.28. The van der Waals surface area contributed by atoms with Gasteiger partial charge in [0, 0.05) is 18.8 Å². The van der Waals surface area contributed by atoms with Gasteiger partial charge in [0.2, 0.25) is 0 Å². The number of anilines is 1. The van der Waals surface area contributed by atoms with Crippen LogP contribution in [0.15, 0.2) is 18.3 Å². The van der Waals surface area contributed by atoms with Gasteiger partial charge in [-0.3, -0.25) is 0 Å². The number of nitrogens with one attached hydrogen (secondary N) is 1. The van der Waals surface area contributed by atoms with Crippen molar-refractivity contribution in [1.82, 2.24) is 4.98 Å². The molecule has 1 heterocycles. The molecule has 6 heteroatoms. The lowest BCUT2D eigenvalue weighted by Crippen LogP contribution is -2.25. The zero-order chi connectivity index (χ0) is 11.5. The second-order valence-electron chi connectivity index (χ2n) is 3.29. The number of aromatic nitrogens is 1. The zero-order valence-corrected chi connectivity index (χ0v) is 8.17. The predicted octanol–water partition coefficient (Wildman–Crippen LogP) is 1.86. The largest absolute Gasteiger partial charge is 0.417 e. The molecule has 1 unspecified atom stereocenters. The average Bonchev–Trinajstić information content (AvgIpc) is 2.14. The number of rotatable bonds is 3. The number of halogens is 3. The molecule has 0 aromatic carbocycles. The van der Waals surface area contributed by atoms with Gasteiger partial charge in [-0.05, 0) is 19.1 Å². The lowest BCUT2D eigenvalue weighted by Gasteiger charge is -2.09. The van der Waals surface area contributed by atoms with Crippen molar-refractivity contribution in [3.05, 3.63) is 23.9 Å². The summed E-state index contributed by atoms with van der Waals surface area (Å²) in [6.07, 6.45) is -3.55. The number of hydrogen-bond donors (Lipinski definition) is 2. The van der Waals surface area contributed by atoms with Gasteiger partial charge in [-0.15, -0.1) is 0 Å². The fraction of sp³-hybridized carbons (Fsp3) is 0.444. The summed E-state index contributed by atoms with van der Waals surface area (Å²) in [4.78, 5) is 3.63. The maximum atomic E-state index is 12.2. The zero-order valence-electron chi connectivity index (χ0n) is 8.17. The first kappa shape index (κ1) is 11.8. The van der Waals surface area contributed by atoms with Gasteiger partial charge in [-0.1, -0.05) is 0 Å². The molecule has 0 bridgehead atoms. The molecular weight excluding hydrogens is 207 g/mol. The SMILES string of the molecule is CC(N)CNc1ccc(C(F)(F)F)cn1. The van der Waals surface area contributed by atoms with E-state index in [1.165, 1.54) is 6.07 Å². The molecule has 3 N–H and O–H groups in total. The highest BCUT2D eigenvalue weighted by Gasteiger charge is 2.30. The Morgan fingerprint density at radius 2 is 2.13 bits per heavy atom. The van der Waals surface area contributed by atoms with Crippen LogP contribution in [-0.4, -0.2) is 17.6 Å². The molecule has 0 aliphatic rings. The third kappa shape index (κ3) is 3.75. The Hall–Kier alpha value is -1.30. The maximum Gasteiger partial charge on any atom is 0.417 e. The minimum atomic E-state index is -4.34.